The van der Waals surface area contributed by atoms with Crippen molar-refractivity contribution in [1.82, 2.24) is 19.5 Å². The van der Waals surface area contributed by atoms with Gasteiger partial charge in [0.05, 0.1) is 40.2 Å². The summed E-state index contributed by atoms with van der Waals surface area (Å²) in [5.41, 5.74) is 0.773. The minimum absolute atomic E-state index is 0.192. The van der Waals surface area contributed by atoms with E-state index < -0.39 is 5.97 Å². The van der Waals surface area contributed by atoms with Gasteiger partial charge in [0, 0.05) is 11.6 Å². The number of ether oxygens (including phenoxy) is 1. The van der Waals surface area contributed by atoms with Crippen molar-refractivity contribution in [2.45, 2.75) is 31.3 Å². The molecule has 1 N–H and O–H groups in total. The monoisotopic (exact) mass is 484 g/mol. The van der Waals surface area contributed by atoms with Crippen LogP contribution in [0.4, 0.5) is 0 Å². The normalized spacial score (nSPS) is 11.4. The number of carbonyl (C=O) groups excluding carboxylic acids is 1. The van der Waals surface area contributed by atoms with Crippen LogP contribution >= 0.6 is 23.4 Å². The smallest absolute Gasteiger partial charge is 0.337 e. The van der Waals surface area contributed by atoms with Crippen molar-refractivity contribution in [3.8, 4) is 0 Å². The van der Waals surface area contributed by atoms with Gasteiger partial charge >= 0.3 is 5.97 Å². The molecule has 8 nitrogen and oxygen atoms in total. The van der Waals surface area contributed by atoms with Gasteiger partial charge in [-0.05, 0) is 42.3 Å². The van der Waals surface area contributed by atoms with E-state index in [1.807, 2.05) is 13.8 Å². The number of benzene rings is 2. The maximum absolute atomic E-state index is 13.2. The predicted octanol–water partition coefficient (Wildman–Crippen LogP) is 4.02. The second-order valence-corrected chi connectivity index (χ2v) is 9.27. The third-order valence-electron chi connectivity index (χ3n) is 4.94. The van der Waals surface area contributed by atoms with Crippen molar-refractivity contribution in [2.24, 2.45) is 5.92 Å². The SMILES string of the molecule is COC(=O)c1ccc2c(=O)n(CC(C)C)c(SCc3nc4ccc(Cl)cc4c(=O)[nH]3)nc2c1. The Morgan fingerprint density at radius 3 is 2.64 bits per heavy atom. The summed E-state index contributed by atoms with van der Waals surface area (Å²) in [4.78, 5) is 49.5. The molecule has 0 aliphatic rings. The highest BCUT2D eigenvalue weighted by atomic mass is 35.5. The topological polar surface area (TPSA) is 107 Å². The molecule has 33 heavy (non-hydrogen) atoms. The molecule has 0 unspecified atom stereocenters. The van der Waals surface area contributed by atoms with Gasteiger partial charge in [0.2, 0.25) is 0 Å². The fraction of sp³-hybridized carbons (Fsp3) is 0.261. The van der Waals surface area contributed by atoms with Crippen molar-refractivity contribution in [1.29, 1.82) is 0 Å². The minimum atomic E-state index is -0.502. The van der Waals surface area contributed by atoms with Crippen molar-refractivity contribution in [2.75, 3.05) is 7.11 Å². The molecule has 0 fully saturated rings. The Hall–Kier alpha value is -3.17. The molecule has 10 heteroatoms. The first kappa shape index (κ1) is 23.0. The summed E-state index contributed by atoms with van der Waals surface area (Å²) in [6.45, 7) is 4.50. The number of H-pyrrole nitrogens is 1. The van der Waals surface area contributed by atoms with Crippen LogP contribution in [0, 0.1) is 5.92 Å². The Morgan fingerprint density at radius 2 is 1.91 bits per heavy atom. The number of carbonyl (C=O) groups is 1. The van der Waals surface area contributed by atoms with Crippen LogP contribution in [0.5, 0.6) is 0 Å². The number of hydrogen-bond acceptors (Lipinski definition) is 7. The highest BCUT2D eigenvalue weighted by Gasteiger charge is 2.16. The Balaban J connectivity index is 1.75. The van der Waals surface area contributed by atoms with Gasteiger partial charge in [0.25, 0.3) is 11.1 Å². The average Bonchev–Trinajstić information content (AvgIpc) is 2.79. The first-order valence-electron chi connectivity index (χ1n) is 10.2. The number of fused-ring (bicyclic) bond motifs is 2. The zero-order valence-corrected chi connectivity index (χ0v) is 19.8. The van der Waals surface area contributed by atoms with Crippen molar-refractivity contribution in [3.63, 3.8) is 0 Å². The summed E-state index contributed by atoms with van der Waals surface area (Å²) in [7, 11) is 1.30. The number of rotatable bonds is 6. The number of thioether (sulfide) groups is 1. The summed E-state index contributed by atoms with van der Waals surface area (Å²) in [6.07, 6.45) is 0. The number of nitrogens with zero attached hydrogens (tertiary/aromatic N) is 3. The summed E-state index contributed by atoms with van der Waals surface area (Å²) >= 11 is 7.27. The fourth-order valence-electron chi connectivity index (χ4n) is 3.44. The minimum Gasteiger partial charge on any atom is -0.465 e. The average molecular weight is 485 g/mol. The van der Waals surface area contributed by atoms with Crippen LogP contribution in [0.2, 0.25) is 5.02 Å². The van der Waals surface area contributed by atoms with E-state index in [2.05, 4.69) is 15.0 Å². The molecule has 0 amide bonds. The number of halogens is 1. The van der Waals surface area contributed by atoms with Crippen LogP contribution in [0.15, 0.2) is 51.1 Å². The standard InChI is InChI=1S/C23H21ClN4O4S/c1-12(2)10-28-21(30)15-6-4-13(22(31)32-3)8-18(15)26-23(28)33-11-19-25-17-7-5-14(24)9-16(17)20(29)27-19/h4-9,12H,10-11H2,1-3H3,(H,25,27,29). The lowest BCUT2D eigenvalue weighted by atomic mass is 10.1. The molecular formula is C23H21ClN4O4S. The predicted molar refractivity (Wildman–Crippen MR) is 129 cm³/mol. The maximum Gasteiger partial charge on any atom is 0.337 e. The van der Waals surface area contributed by atoms with E-state index in [1.54, 1.807) is 41.0 Å². The van der Waals surface area contributed by atoms with Crippen LogP contribution in [-0.2, 0) is 17.0 Å². The van der Waals surface area contributed by atoms with Gasteiger partial charge in [-0.2, -0.15) is 0 Å². The Labute approximate surface area is 198 Å². The number of aromatic nitrogens is 4. The number of esters is 1. The lowest BCUT2D eigenvalue weighted by Crippen LogP contribution is -2.25. The van der Waals surface area contributed by atoms with Gasteiger partial charge < -0.3 is 9.72 Å². The van der Waals surface area contributed by atoms with Crippen LogP contribution in [0.25, 0.3) is 21.8 Å². The number of aromatic amines is 1. The number of nitrogens with one attached hydrogen (secondary N) is 1. The highest BCUT2D eigenvalue weighted by molar-refractivity contribution is 7.98. The molecule has 4 aromatic rings. The second kappa shape index (κ2) is 9.36. The van der Waals surface area contributed by atoms with Crippen LogP contribution < -0.4 is 11.1 Å². The lowest BCUT2D eigenvalue weighted by Gasteiger charge is -2.15. The van der Waals surface area contributed by atoms with Crippen LogP contribution in [-0.4, -0.2) is 32.6 Å². The molecule has 0 saturated heterocycles. The number of hydrogen-bond donors (Lipinski definition) is 1. The number of methoxy groups -OCH3 is 1. The summed E-state index contributed by atoms with van der Waals surface area (Å²) < 4.78 is 6.39. The molecule has 0 aliphatic heterocycles. The zero-order valence-electron chi connectivity index (χ0n) is 18.2. The van der Waals surface area contributed by atoms with Gasteiger partial charge in [-0.25, -0.2) is 14.8 Å². The third kappa shape index (κ3) is 4.79. The Kier molecular flexibility index (Phi) is 6.53. The fourth-order valence-corrected chi connectivity index (χ4v) is 4.49. The zero-order chi connectivity index (χ0) is 23.7. The molecule has 0 bridgehead atoms. The Bertz CT molecular complexity index is 1500. The van der Waals surface area contributed by atoms with E-state index in [1.165, 1.54) is 18.9 Å². The van der Waals surface area contributed by atoms with E-state index in [9.17, 15) is 14.4 Å². The maximum atomic E-state index is 13.2. The molecular weight excluding hydrogens is 464 g/mol. The quantitative estimate of drug-likeness (QED) is 0.250. The molecule has 2 aromatic heterocycles. The van der Waals surface area contributed by atoms with E-state index >= 15 is 0 Å². The van der Waals surface area contributed by atoms with E-state index in [0.29, 0.717) is 55.7 Å². The van der Waals surface area contributed by atoms with Gasteiger partial charge in [0.15, 0.2) is 5.16 Å². The molecule has 2 aromatic carbocycles. The molecule has 2 heterocycles. The summed E-state index contributed by atoms with van der Waals surface area (Å²) in [5.74, 6) is 0.449. The summed E-state index contributed by atoms with van der Waals surface area (Å²) in [6, 6.07) is 9.64. The second-order valence-electron chi connectivity index (χ2n) is 7.89. The van der Waals surface area contributed by atoms with Gasteiger partial charge in [0.1, 0.15) is 5.82 Å². The first-order chi connectivity index (χ1) is 15.8. The largest absolute Gasteiger partial charge is 0.465 e. The van der Waals surface area contributed by atoms with Crippen molar-refractivity contribution >= 4 is 51.1 Å². The van der Waals surface area contributed by atoms with E-state index in [0.717, 1.165) is 0 Å². The molecule has 0 saturated carbocycles. The van der Waals surface area contributed by atoms with Gasteiger partial charge in [-0.3, -0.25) is 14.2 Å². The van der Waals surface area contributed by atoms with Crippen LogP contribution in [0.3, 0.4) is 0 Å². The molecule has 0 spiro atoms. The molecule has 0 aliphatic carbocycles. The molecule has 0 atom stereocenters. The van der Waals surface area contributed by atoms with E-state index in [4.69, 9.17) is 16.3 Å². The molecule has 4 rings (SSSR count). The third-order valence-corrected chi connectivity index (χ3v) is 6.17. The van der Waals surface area contributed by atoms with E-state index in [-0.39, 0.29) is 17.0 Å². The van der Waals surface area contributed by atoms with Gasteiger partial charge in [-0.15, -0.1) is 0 Å². The first-order valence-corrected chi connectivity index (χ1v) is 11.6. The van der Waals surface area contributed by atoms with Crippen LogP contribution in [0.1, 0.15) is 30.0 Å². The highest BCUT2D eigenvalue weighted by Crippen LogP contribution is 2.23. The Morgan fingerprint density at radius 1 is 1.12 bits per heavy atom. The summed E-state index contributed by atoms with van der Waals surface area (Å²) in [5, 5.41) is 1.76. The van der Waals surface area contributed by atoms with Crippen molar-refractivity contribution < 1.29 is 9.53 Å². The lowest BCUT2D eigenvalue weighted by molar-refractivity contribution is 0.0601. The molecule has 170 valence electrons. The molecule has 0 radical (unpaired) electrons. The van der Waals surface area contributed by atoms with Crippen molar-refractivity contribution in [3.05, 3.63) is 73.5 Å². The van der Waals surface area contributed by atoms with Gasteiger partial charge in [-0.1, -0.05) is 37.2 Å².